The first-order chi connectivity index (χ1) is 7.41. The monoisotopic (exact) mass is 220 g/mol. The SMILES string of the molecule is Cc1ccc(C)c(NC(=O)CC(C)N)c1C. The fourth-order valence-electron chi connectivity index (χ4n) is 1.63. The number of rotatable bonds is 3. The van der Waals surface area contributed by atoms with Crippen LogP contribution in [-0.4, -0.2) is 11.9 Å². The van der Waals surface area contributed by atoms with Gasteiger partial charge < -0.3 is 11.1 Å². The Bertz CT molecular complexity index is 397. The molecule has 0 aliphatic carbocycles. The number of hydrogen-bond donors (Lipinski definition) is 2. The molecule has 0 saturated heterocycles. The Hall–Kier alpha value is -1.35. The molecule has 88 valence electrons. The van der Waals surface area contributed by atoms with Crippen LogP contribution in [0.2, 0.25) is 0 Å². The average molecular weight is 220 g/mol. The minimum absolute atomic E-state index is 0.0215. The number of nitrogens with two attached hydrogens (primary N) is 1. The predicted octanol–water partition coefficient (Wildman–Crippen LogP) is 2.29. The van der Waals surface area contributed by atoms with E-state index in [0.29, 0.717) is 6.42 Å². The Morgan fingerprint density at radius 1 is 1.31 bits per heavy atom. The molecule has 0 fully saturated rings. The summed E-state index contributed by atoms with van der Waals surface area (Å²) in [6.07, 6.45) is 0.354. The molecule has 0 aromatic heterocycles. The van der Waals surface area contributed by atoms with Crippen LogP contribution in [-0.2, 0) is 4.79 Å². The second-order valence-electron chi connectivity index (χ2n) is 4.43. The van der Waals surface area contributed by atoms with Crippen molar-refractivity contribution in [2.45, 2.75) is 40.2 Å². The highest BCUT2D eigenvalue weighted by atomic mass is 16.1. The number of carbonyl (C=O) groups excluding carboxylic acids is 1. The highest BCUT2D eigenvalue weighted by Gasteiger charge is 2.10. The molecule has 1 aromatic carbocycles. The summed E-state index contributed by atoms with van der Waals surface area (Å²) in [5, 5.41) is 2.93. The Balaban J connectivity index is 2.88. The van der Waals surface area contributed by atoms with Crippen LogP contribution >= 0.6 is 0 Å². The van der Waals surface area contributed by atoms with Crippen LogP contribution in [0.4, 0.5) is 5.69 Å². The summed E-state index contributed by atoms with van der Waals surface area (Å²) in [5.41, 5.74) is 9.90. The van der Waals surface area contributed by atoms with Crippen LogP contribution in [0.25, 0.3) is 0 Å². The molecule has 0 radical (unpaired) electrons. The molecule has 3 N–H and O–H groups in total. The van der Waals surface area contributed by atoms with Gasteiger partial charge in [0, 0.05) is 18.2 Å². The van der Waals surface area contributed by atoms with Gasteiger partial charge in [0.15, 0.2) is 0 Å². The summed E-state index contributed by atoms with van der Waals surface area (Å²) >= 11 is 0. The van der Waals surface area contributed by atoms with Crippen molar-refractivity contribution in [2.75, 3.05) is 5.32 Å². The number of aryl methyl sites for hydroxylation is 2. The van der Waals surface area contributed by atoms with Gasteiger partial charge in [-0.25, -0.2) is 0 Å². The highest BCUT2D eigenvalue weighted by molar-refractivity contribution is 5.92. The second kappa shape index (κ2) is 5.12. The molecule has 0 spiro atoms. The van der Waals surface area contributed by atoms with E-state index in [1.807, 2.05) is 33.8 Å². The molecule has 1 aromatic rings. The summed E-state index contributed by atoms with van der Waals surface area (Å²) in [7, 11) is 0. The number of carbonyl (C=O) groups is 1. The van der Waals surface area contributed by atoms with Gasteiger partial charge in [0.25, 0.3) is 0 Å². The number of amides is 1. The Morgan fingerprint density at radius 3 is 2.44 bits per heavy atom. The van der Waals surface area contributed by atoms with Crippen LogP contribution in [0.3, 0.4) is 0 Å². The van der Waals surface area contributed by atoms with E-state index in [-0.39, 0.29) is 11.9 Å². The number of benzene rings is 1. The Kier molecular flexibility index (Phi) is 4.07. The van der Waals surface area contributed by atoms with Crippen molar-refractivity contribution in [3.05, 3.63) is 28.8 Å². The van der Waals surface area contributed by atoms with Gasteiger partial charge in [-0.2, -0.15) is 0 Å². The van der Waals surface area contributed by atoms with Crippen molar-refractivity contribution in [3.8, 4) is 0 Å². The van der Waals surface area contributed by atoms with Crippen LogP contribution in [0.5, 0.6) is 0 Å². The molecule has 1 unspecified atom stereocenters. The topological polar surface area (TPSA) is 55.1 Å². The third-order valence-corrected chi connectivity index (χ3v) is 2.72. The van der Waals surface area contributed by atoms with Crippen molar-refractivity contribution in [2.24, 2.45) is 5.73 Å². The molecule has 0 bridgehead atoms. The number of anilines is 1. The van der Waals surface area contributed by atoms with Gasteiger partial charge in [-0.3, -0.25) is 4.79 Å². The van der Waals surface area contributed by atoms with E-state index >= 15 is 0 Å². The first kappa shape index (κ1) is 12.7. The maximum Gasteiger partial charge on any atom is 0.225 e. The molecule has 0 saturated carbocycles. The highest BCUT2D eigenvalue weighted by Crippen LogP contribution is 2.23. The molecule has 0 heterocycles. The number of nitrogens with one attached hydrogen (secondary N) is 1. The van der Waals surface area contributed by atoms with Gasteiger partial charge in [0.05, 0.1) is 0 Å². The summed E-state index contributed by atoms with van der Waals surface area (Å²) in [5.74, 6) is -0.0215. The van der Waals surface area contributed by atoms with Crippen molar-refractivity contribution in [1.29, 1.82) is 0 Å². The molecule has 0 aliphatic rings. The molecule has 3 heteroatoms. The normalized spacial score (nSPS) is 12.3. The van der Waals surface area contributed by atoms with E-state index < -0.39 is 0 Å². The standard InChI is InChI=1S/C13H20N2O/c1-8-5-6-9(2)13(11(8)4)15-12(16)7-10(3)14/h5-6,10H,7,14H2,1-4H3,(H,15,16). The molecule has 1 atom stereocenters. The van der Waals surface area contributed by atoms with Gasteiger partial charge in [0.2, 0.25) is 5.91 Å². The third-order valence-electron chi connectivity index (χ3n) is 2.72. The lowest BCUT2D eigenvalue weighted by atomic mass is 10.0. The first-order valence-corrected chi connectivity index (χ1v) is 5.54. The van der Waals surface area contributed by atoms with Gasteiger partial charge >= 0.3 is 0 Å². The molecule has 16 heavy (non-hydrogen) atoms. The fraction of sp³-hybridized carbons (Fsp3) is 0.462. The quantitative estimate of drug-likeness (QED) is 0.821. The van der Waals surface area contributed by atoms with E-state index in [1.165, 1.54) is 5.56 Å². The van der Waals surface area contributed by atoms with Gasteiger partial charge in [-0.15, -0.1) is 0 Å². The molecule has 3 nitrogen and oxygen atoms in total. The van der Waals surface area contributed by atoms with Gasteiger partial charge in [0.1, 0.15) is 0 Å². The number of hydrogen-bond acceptors (Lipinski definition) is 2. The predicted molar refractivity (Wildman–Crippen MR) is 67.5 cm³/mol. The Morgan fingerprint density at radius 2 is 1.88 bits per heavy atom. The van der Waals surface area contributed by atoms with Crippen molar-refractivity contribution in [1.82, 2.24) is 0 Å². The zero-order chi connectivity index (χ0) is 12.3. The van der Waals surface area contributed by atoms with Crippen LogP contribution < -0.4 is 11.1 Å². The molecular formula is C13H20N2O. The van der Waals surface area contributed by atoms with Gasteiger partial charge in [-0.1, -0.05) is 12.1 Å². The molecule has 1 rings (SSSR count). The third kappa shape index (κ3) is 3.07. The minimum atomic E-state index is -0.106. The van der Waals surface area contributed by atoms with Gasteiger partial charge in [-0.05, 0) is 44.4 Å². The molecule has 0 aliphatic heterocycles. The van der Waals surface area contributed by atoms with E-state index in [1.54, 1.807) is 0 Å². The average Bonchev–Trinajstić information content (AvgIpc) is 2.17. The second-order valence-corrected chi connectivity index (χ2v) is 4.43. The van der Waals surface area contributed by atoms with E-state index in [4.69, 9.17) is 5.73 Å². The van der Waals surface area contributed by atoms with E-state index in [2.05, 4.69) is 11.4 Å². The maximum absolute atomic E-state index is 11.6. The lowest BCUT2D eigenvalue weighted by Crippen LogP contribution is -2.24. The van der Waals surface area contributed by atoms with Crippen LogP contribution in [0.1, 0.15) is 30.0 Å². The van der Waals surface area contributed by atoms with Crippen LogP contribution in [0, 0.1) is 20.8 Å². The molecular weight excluding hydrogens is 200 g/mol. The lowest BCUT2D eigenvalue weighted by Gasteiger charge is -2.14. The summed E-state index contributed by atoms with van der Waals surface area (Å²) in [4.78, 5) is 11.6. The fourth-order valence-corrected chi connectivity index (χ4v) is 1.63. The summed E-state index contributed by atoms with van der Waals surface area (Å²) in [6, 6.07) is 3.97. The summed E-state index contributed by atoms with van der Waals surface area (Å²) < 4.78 is 0. The smallest absolute Gasteiger partial charge is 0.225 e. The van der Waals surface area contributed by atoms with Crippen LogP contribution in [0.15, 0.2) is 12.1 Å². The van der Waals surface area contributed by atoms with Crippen molar-refractivity contribution < 1.29 is 4.79 Å². The largest absolute Gasteiger partial charge is 0.327 e. The van der Waals surface area contributed by atoms with E-state index in [9.17, 15) is 4.79 Å². The minimum Gasteiger partial charge on any atom is -0.327 e. The molecule has 1 amide bonds. The summed E-state index contributed by atoms with van der Waals surface area (Å²) in [6.45, 7) is 7.88. The first-order valence-electron chi connectivity index (χ1n) is 5.54. The van der Waals surface area contributed by atoms with Crippen molar-refractivity contribution in [3.63, 3.8) is 0 Å². The lowest BCUT2D eigenvalue weighted by molar-refractivity contribution is -0.116. The zero-order valence-electron chi connectivity index (χ0n) is 10.4. The van der Waals surface area contributed by atoms with Crippen molar-refractivity contribution >= 4 is 11.6 Å². The maximum atomic E-state index is 11.6. The zero-order valence-corrected chi connectivity index (χ0v) is 10.4. The van der Waals surface area contributed by atoms with E-state index in [0.717, 1.165) is 16.8 Å². The Labute approximate surface area is 97.0 Å².